The summed E-state index contributed by atoms with van der Waals surface area (Å²) in [4.78, 5) is 14.6. The predicted molar refractivity (Wildman–Crippen MR) is 73.3 cm³/mol. The number of fused-ring (bicyclic) bond motifs is 1. The number of rotatable bonds is 2. The van der Waals surface area contributed by atoms with Crippen LogP contribution < -0.4 is 4.72 Å². The average molecular weight is 352 g/mol. The van der Waals surface area contributed by atoms with Gasteiger partial charge in [0, 0.05) is 21.6 Å². The van der Waals surface area contributed by atoms with Gasteiger partial charge in [-0.05, 0) is 28.1 Å². The minimum absolute atomic E-state index is 0.243. The Labute approximate surface area is 117 Å². The molecule has 0 saturated carbocycles. The largest absolute Gasteiger partial charge is 0.360 e. The fraction of sp³-hybridized carbons (Fsp3) is 0.100. The summed E-state index contributed by atoms with van der Waals surface area (Å²) in [5, 5.41) is 1.09. The average Bonchev–Trinajstić information content (AvgIpc) is 2.59. The number of nitrogens with one attached hydrogen (secondary N) is 2. The van der Waals surface area contributed by atoms with Gasteiger partial charge in [-0.2, -0.15) is 0 Å². The molecule has 8 heteroatoms. The number of halogens is 2. The molecule has 0 fully saturated rings. The number of hydrogen-bond donors (Lipinski definition) is 2. The van der Waals surface area contributed by atoms with E-state index in [1.54, 1.807) is 12.1 Å². The molecular formula is C10H8BrClN2O3S. The summed E-state index contributed by atoms with van der Waals surface area (Å²) in [5.41, 5.74) is 0.898. The molecule has 1 heterocycles. The molecule has 0 spiro atoms. The molecule has 1 aromatic heterocycles. The van der Waals surface area contributed by atoms with Crippen LogP contribution in [0.25, 0.3) is 10.9 Å². The van der Waals surface area contributed by atoms with Crippen LogP contribution in [-0.2, 0) is 10.0 Å². The van der Waals surface area contributed by atoms with Gasteiger partial charge in [0.25, 0.3) is 5.91 Å². The third-order valence-electron chi connectivity index (χ3n) is 2.25. The van der Waals surface area contributed by atoms with Gasteiger partial charge in [0.05, 0.1) is 16.8 Å². The zero-order valence-corrected chi connectivity index (χ0v) is 12.3. The Balaban J connectivity index is 2.53. The van der Waals surface area contributed by atoms with E-state index in [-0.39, 0.29) is 5.56 Å². The third-order valence-corrected chi connectivity index (χ3v) is 4.00. The third kappa shape index (κ3) is 2.68. The maximum absolute atomic E-state index is 11.8. The summed E-state index contributed by atoms with van der Waals surface area (Å²) < 4.78 is 24.6. The van der Waals surface area contributed by atoms with E-state index >= 15 is 0 Å². The van der Waals surface area contributed by atoms with Crippen molar-refractivity contribution in [2.75, 3.05) is 6.26 Å². The predicted octanol–water partition coefficient (Wildman–Crippen LogP) is 2.27. The maximum Gasteiger partial charge on any atom is 0.266 e. The zero-order chi connectivity index (χ0) is 13.5. The number of benzene rings is 1. The van der Waals surface area contributed by atoms with Crippen molar-refractivity contribution < 1.29 is 13.2 Å². The monoisotopic (exact) mass is 350 g/mol. The van der Waals surface area contributed by atoms with Gasteiger partial charge in [-0.15, -0.1) is 0 Å². The van der Waals surface area contributed by atoms with Gasteiger partial charge in [0.1, 0.15) is 0 Å². The van der Waals surface area contributed by atoms with Crippen molar-refractivity contribution >= 4 is 54.4 Å². The Hall–Kier alpha value is -1.05. The molecule has 96 valence electrons. The van der Waals surface area contributed by atoms with Gasteiger partial charge >= 0.3 is 0 Å². The fourth-order valence-corrected chi connectivity index (χ4v) is 2.48. The van der Waals surface area contributed by atoms with Crippen molar-refractivity contribution in [1.82, 2.24) is 9.71 Å². The van der Waals surface area contributed by atoms with E-state index in [4.69, 9.17) is 11.6 Å². The molecule has 0 aliphatic rings. The first kappa shape index (κ1) is 13.4. The Bertz CT molecular complexity index is 739. The van der Waals surface area contributed by atoms with Crippen molar-refractivity contribution in [1.29, 1.82) is 0 Å². The normalized spacial score (nSPS) is 11.7. The van der Waals surface area contributed by atoms with E-state index in [1.165, 1.54) is 6.20 Å². The summed E-state index contributed by atoms with van der Waals surface area (Å²) in [6, 6.07) is 3.31. The van der Waals surface area contributed by atoms with Gasteiger partial charge in [-0.3, -0.25) is 4.79 Å². The highest BCUT2D eigenvalue weighted by molar-refractivity contribution is 9.10. The van der Waals surface area contributed by atoms with Crippen molar-refractivity contribution in [3.05, 3.63) is 33.4 Å². The number of hydrogen-bond acceptors (Lipinski definition) is 3. The van der Waals surface area contributed by atoms with E-state index in [0.29, 0.717) is 20.4 Å². The second-order valence-electron chi connectivity index (χ2n) is 3.72. The molecule has 1 amide bonds. The molecule has 2 aromatic rings. The maximum atomic E-state index is 11.8. The lowest BCUT2D eigenvalue weighted by atomic mass is 10.2. The summed E-state index contributed by atoms with van der Waals surface area (Å²) in [6.07, 6.45) is 2.36. The van der Waals surface area contributed by atoms with Crippen LogP contribution in [0, 0.1) is 0 Å². The molecule has 5 nitrogen and oxygen atoms in total. The number of sulfonamides is 1. The molecule has 0 radical (unpaired) electrons. The number of carbonyl (C=O) groups is 1. The highest BCUT2D eigenvalue weighted by Gasteiger charge is 2.16. The Morgan fingerprint density at radius 3 is 2.72 bits per heavy atom. The van der Waals surface area contributed by atoms with Crippen LogP contribution in [0.4, 0.5) is 0 Å². The summed E-state index contributed by atoms with van der Waals surface area (Å²) >= 11 is 9.17. The fourth-order valence-electron chi connectivity index (χ4n) is 1.53. The van der Waals surface area contributed by atoms with Gasteiger partial charge in [-0.25, -0.2) is 13.1 Å². The molecule has 0 saturated heterocycles. The zero-order valence-electron chi connectivity index (χ0n) is 9.12. The van der Waals surface area contributed by atoms with Gasteiger partial charge in [0.15, 0.2) is 0 Å². The van der Waals surface area contributed by atoms with Crippen LogP contribution >= 0.6 is 27.5 Å². The number of H-pyrrole nitrogens is 1. The molecule has 0 aliphatic heterocycles. The topological polar surface area (TPSA) is 79.0 Å². The SMILES string of the molecule is CS(=O)(=O)NC(=O)c1c[nH]c2cc(Cl)c(Br)cc12. The van der Waals surface area contributed by atoms with Crippen LogP contribution in [0.2, 0.25) is 5.02 Å². The second kappa shape index (κ2) is 4.56. The molecule has 0 atom stereocenters. The standard InChI is InChI=1S/C10H8BrClN2O3S/c1-18(16,17)14-10(15)6-4-13-9-3-8(12)7(11)2-5(6)9/h2-4,13H,1H3,(H,14,15). The van der Waals surface area contributed by atoms with E-state index in [2.05, 4.69) is 20.9 Å². The number of amides is 1. The van der Waals surface area contributed by atoms with Crippen molar-refractivity contribution in [2.45, 2.75) is 0 Å². The van der Waals surface area contributed by atoms with Crippen LogP contribution in [0.5, 0.6) is 0 Å². The Morgan fingerprint density at radius 2 is 2.11 bits per heavy atom. The molecule has 2 N–H and O–H groups in total. The lowest BCUT2D eigenvalue weighted by molar-refractivity contribution is 0.0983. The van der Waals surface area contributed by atoms with Crippen molar-refractivity contribution in [3.63, 3.8) is 0 Å². The van der Waals surface area contributed by atoms with Crippen molar-refractivity contribution in [2.24, 2.45) is 0 Å². The summed E-state index contributed by atoms with van der Waals surface area (Å²) in [7, 11) is -3.59. The lowest BCUT2D eigenvalue weighted by Crippen LogP contribution is -2.29. The van der Waals surface area contributed by atoms with E-state index < -0.39 is 15.9 Å². The molecule has 0 bridgehead atoms. The van der Waals surface area contributed by atoms with E-state index in [1.807, 2.05) is 4.72 Å². The van der Waals surface area contributed by atoms with Gasteiger partial charge in [-0.1, -0.05) is 11.6 Å². The highest BCUT2D eigenvalue weighted by Crippen LogP contribution is 2.29. The number of aromatic nitrogens is 1. The van der Waals surface area contributed by atoms with Crippen LogP contribution in [0.3, 0.4) is 0 Å². The minimum atomic E-state index is -3.59. The van der Waals surface area contributed by atoms with Crippen molar-refractivity contribution in [3.8, 4) is 0 Å². The Kier molecular flexibility index (Phi) is 3.39. The minimum Gasteiger partial charge on any atom is -0.360 e. The van der Waals surface area contributed by atoms with E-state index in [9.17, 15) is 13.2 Å². The summed E-state index contributed by atoms with van der Waals surface area (Å²) in [6.45, 7) is 0. The first-order valence-corrected chi connectivity index (χ1v) is 7.82. The van der Waals surface area contributed by atoms with Crippen LogP contribution in [0.1, 0.15) is 10.4 Å². The van der Waals surface area contributed by atoms with Crippen LogP contribution in [-0.4, -0.2) is 25.6 Å². The smallest absolute Gasteiger partial charge is 0.266 e. The van der Waals surface area contributed by atoms with Gasteiger partial charge < -0.3 is 4.98 Å². The van der Waals surface area contributed by atoms with Crippen LogP contribution in [0.15, 0.2) is 22.8 Å². The molecule has 1 aromatic carbocycles. The highest BCUT2D eigenvalue weighted by atomic mass is 79.9. The first-order chi connectivity index (χ1) is 8.28. The lowest BCUT2D eigenvalue weighted by Gasteiger charge is -2.02. The molecule has 2 rings (SSSR count). The van der Waals surface area contributed by atoms with Gasteiger partial charge in [0.2, 0.25) is 10.0 Å². The molecular weight excluding hydrogens is 344 g/mol. The Morgan fingerprint density at radius 1 is 1.44 bits per heavy atom. The molecule has 18 heavy (non-hydrogen) atoms. The molecule has 0 unspecified atom stereocenters. The molecule has 0 aliphatic carbocycles. The number of carbonyl (C=O) groups excluding carboxylic acids is 1. The van der Waals surface area contributed by atoms with E-state index in [0.717, 1.165) is 6.26 Å². The quantitative estimate of drug-likeness (QED) is 0.871. The summed E-state index contributed by atoms with van der Waals surface area (Å²) in [5.74, 6) is -0.682. The first-order valence-electron chi connectivity index (χ1n) is 4.76. The number of aromatic amines is 1. The second-order valence-corrected chi connectivity index (χ2v) is 6.73.